The summed E-state index contributed by atoms with van der Waals surface area (Å²) in [5.41, 5.74) is 0.439. The third-order valence-electron chi connectivity index (χ3n) is 2.08. The Morgan fingerprint density at radius 2 is 2.12 bits per heavy atom. The first-order chi connectivity index (χ1) is 7.47. The fourth-order valence-electron chi connectivity index (χ4n) is 1.37. The van der Waals surface area contributed by atoms with Gasteiger partial charge in [0.2, 0.25) is 5.91 Å². The largest absolute Gasteiger partial charge is 0.341 e. The summed E-state index contributed by atoms with van der Waals surface area (Å²) in [5.74, 6) is -0.535. The first-order valence-electron chi connectivity index (χ1n) is 4.45. The molecule has 1 heterocycles. The monoisotopic (exact) mass is 239 g/mol. The summed E-state index contributed by atoms with van der Waals surface area (Å²) in [6.07, 6.45) is 7.65. The Bertz CT molecular complexity index is 555. The SMILES string of the molecule is NS(=O)(=O)C1=CC(=O)NC2C=CC=CC2=N1. The number of hydrogen-bond donors (Lipinski definition) is 2. The second-order valence-electron chi connectivity index (χ2n) is 3.29. The van der Waals surface area contributed by atoms with Crippen molar-refractivity contribution in [3.05, 3.63) is 35.4 Å². The lowest BCUT2D eigenvalue weighted by molar-refractivity contribution is -0.116. The molecule has 84 valence electrons. The van der Waals surface area contributed by atoms with Gasteiger partial charge in [-0.05, 0) is 6.08 Å². The second kappa shape index (κ2) is 3.69. The Kier molecular flexibility index (Phi) is 2.49. The summed E-state index contributed by atoms with van der Waals surface area (Å²) < 4.78 is 22.3. The molecule has 1 amide bonds. The number of sulfonamides is 1. The molecule has 7 heteroatoms. The maximum absolute atomic E-state index is 11.4. The number of hydrogen-bond acceptors (Lipinski definition) is 4. The van der Waals surface area contributed by atoms with Gasteiger partial charge in [0, 0.05) is 6.08 Å². The van der Waals surface area contributed by atoms with Gasteiger partial charge >= 0.3 is 0 Å². The highest BCUT2D eigenvalue weighted by Crippen LogP contribution is 2.12. The number of fused-ring (bicyclic) bond motifs is 1. The molecule has 16 heavy (non-hydrogen) atoms. The van der Waals surface area contributed by atoms with Crippen LogP contribution in [0.15, 0.2) is 40.4 Å². The van der Waals surface area contributed by atoms with Crippen molar-refractivity contribution >= 4 is 21.6 Å². The Labute approximate surface area is 92.3 Å². The maximum Gasteiger partial charge on any atom is 0.255 e. The number of aliphatic imine (C=N–C) groups is 1. The lowest BCUT2D eigenvalue weighted by Crippen LogP contribution is -2.37. The molecule has 0 aromatic carbocycles. The van der Waals surface area contributed by atoms with Gasteiger partial charge in [-0.1, -0.05) is 18.2 Å². The number of amides is 1. The third kappa shape index (κ3) is 2.10. The Hall–Kier alpha value is -1.73. The van der Waals surface area contributed by atoms with E-state index in [1.165, 1.54) is 0 Å². The maximum atomic E-state index is 11.4. The van der Waals surface area contributed by atoms with E-state index in [1.807, 2.05) is 0 Å². The zero-order valence-electron chi connectivity index (χ0n) is 8.12. The molecule has 2 rings (SSSR count). The van der Waals surface area contributed by atoms with Gasteiger partial charge in [0.05, 0.1) is 11.8 Å². The van der Waals surface area contributed by atoms with Crippen LogP contribution in [0.1, 0.15) is 0 Å². The lowest BCUT2D eigenvalue weighted by Gasteiger charge is -2.14. The standard InChI is InChI=1S/C9H9N3O3S/c10-16(14,15)9-5-8(13)11-6-3-1-2-4-7(6)12-9/h1-6H,(H,11,13)(H2,10,14,15). The number of nitrogens with two attached hydrogens (primary N) is 1. The van der Waals surface area contributed by atoms with Crippen molar-refractivity contribution in [1.82, 2.24) is 5.32 Å². The molecule has 0 spiro atoms. The van der Waals surface area contributed by atoms with Crippen molar-refractivity contribution < 1.29 is 13.2 Å². The van der Waals surface area contributed by atoms with Gasteiger partial charge in [0.25, 0.3) is 10.0 Å². The number of rotatable bonds is 1. The summed E-state index contributed by atoms with van der Waals surface area (Å²) in [4.78, 5) is 15.2. The fourth-order valence-corrected chi connectivity index (χ4v) is 1.88. The third-order valence-corrected chi connectivity index (χ3v) is 2.88. The normalized spacial score (nSPS) is 24.1. The van der Waals surface area contributed by atoms with Gasteiger partial charge in [-0.2, -0.15) is 0 Å². The van der Waals surface area contributed by atoms with E-state index < -0.39 is 27.0 Å². The van der Waals surface area contributed by atoms with Crippen LogP contribution < -0.4 is 10.5 Å². The number of nitrogens with one attached hydrogen (secondary N) is 1. The predicted molar refractivity (Wildman–Crippen MR) is 58.8 cm³/mol. The molecular formula is C9H9N3O3S. The molecule has 0 saturated carbocycles. The van der Waals surface area contributed by atoms with Crippen LogP contribution in [0.5, 0.6) is 0 Å². The van der Waals surface area contributed by atoms with E-state index in [1.54, 1.807) is 24.3 Å². The van der Waals surface area contributed by atoms with Crippen LogP contribution in [-0.2, 0) is 14.8 Å². The predicted octanol–water partition coefficient (Wildman–Crippen LogP) is -0.818. The van der Waals surface area contributed by atoms with Crippen LogP contribution in [0.2, 0.25) is 0 Å². The molecule has 0 bridgehead atoms. The number of primary sulfonamides is 1. The number of allylic oxidation sites excluding steroid dienone is 2. The van der Waals surface area contributed by atoms with E-state index in [0.29, 0.717) is 5.71 Å². The van der Waals surface area contributed by atoms with Crippen LogP contribution >= 0.6 is 0 Å². The van der Waals surface area contributed by atoms with E-state index in [2.05, 4.69) is 10.3 Å². The van der Waals surface area contributed by atoms with Crippen LogP contribution in [0, 0.1) is 0 Å². The first-order valence-corrected chi connectivity index (χ1v) is 6.00. The fraction of sp³-hybridized carbons (Fsp3) is 0.111. The van der Waals surface area contributed by atoms with Crippen molar-refractivity contribution in [3.63, 3.8) is 0 Å². The Morgan fingerprint density at radius 1 is 1.38 bits per heavy atom. The lowest BCUT2D eigenvalue weighted by atomic mass is 10.1. The van der Waals surface area contributed by atoms with Crippen LogP contribution in [-0.4, -0.2) is 26.1 Å². The smallest absolute Gasteiger partial charge is 0.255 e. The van der Waals surface area contributed by atoms with Crippen molar-refractivity contribution in [3.8, 4) is 0 Å². The summed E-state index contributed by atoms with van der Waals surface area (Å²) >= 11 is 0. The molecule has 0 aromatic rings. The van der Waals surface area contributed by atoms with E-state index in [4.69, 9.17) is 5.14 Å². The van der Waals surface area contributed by atoms with Crippen molar-refractivity contribution in [2.45, 2.75) is 6.04 Å². The molecule has 1 aliphatic heterocycles. The van der Waals surface area contributed by atoms with E-state index in [9.17, 15) is 13.2 Å². The molecular weight excluding hydrogens is 230 g/mol. The molecule has 0 saturated heterocycles. The van der Waals surface area contributed by atoms with E-state index in [0.717, 1.165) is 6.08 Å². The molecule has 1 aliphatic carbocycles. The first kappa shape index (κ1) is 10.8. The number of nitrogens with zero attached hydrogens (tertiary/aromatic N) is 1. The summed E-state index contributed by atoms with van der Waals surface area (Å²) in [7, 11) is -3.98. The molecule has 0 aromatic heterocycles. The molecule has 1 atom stereocenters. The van der Waals surface area contributed by atoms with Gasteiger partial charge in [-0.15, -0.1) is 0 Å². The molecule has 0 radical (unpaired) electrons. The second-order valence-corrected chi connectivity index (χ2v) is 4.80. The van der Waals surface area contributed by atoms with E-state index in [-0.39, 0.29) is 0 Å². The quantitative estimate of drug-likeness (QED) is 0.625. The molecule has 1 unspecified atom stereocenters. The minimum absolute atomic E-state index is 0.409. The Morgan fingerprint density at radius 3 is 2.81 bits per heavy atom. The zero-order chi connectivity index (χ0) is 11.8. The van der Waals surface area contributed by atoms with Gasteiger partial charge in [-0.3, -0.25) is 4.79 Å². The highest BCUT2D eigenvalue weighted by atomic mass is 32.2. The zero-order valence-corrected chi connectivity index (χ0v) is 8.94. The van der Waals surface area contributed by atoms with Crippen LogP contribution in [0.4, 0.5) is 0 Å². The molecule has 3 N–H and O–H groups in total. The van der Waals surface area contributed by atoms with Gasteiger partial charge < -0.3 is 5.32 Å². The van der Waals surface area contributed by atoms with Crippen molar-refractivity contribution in [2.75, 3.05) is 0 Å². The highest BCUT2D eigenvalue weighted by Gasteiger charge is 2.23. The summed E-state index contributed by atoms with van der Waals surface area (Å²) in [6, 6.07) is -0.409. The topological polar surface area (TPSA) is 102 Å². The molecule has 0 fully saturated rings. The number of carbonyl (C=O) groups is 1. The minimum atomic E-state index is -3.98. The highest BCUT2D eigenvalue weighted by molar-refractivity contribution is 7.93. The molecule has 6 nitrogen and oxygen atoms in total. The van der Waals surface area contributed by atoms with Gasteiger partial charge in [0.15, 0.2) is 5.03 Å². The molecule has 2 aliphatic rings. The number of carbonyl (C=O) groups excluding carboxylic acids is 1. The average Bonchev–Trinajstić information content (AvgIpc) is 2.34. The van der Waals surface area contributed by atoms with Gasteiger partial charge in [0.1, 0.15) is 0 Å². The van der Waals surface area contributed by atoms with E-state index >= 15 is 0 Å². The van der Waals surface area contributed by atoms with Crippen LogP contribution in [0.25, 0.3) is 0 Å². The summed E-state index contributed by atoms with van der Waals surface area (Å²) in [6.45, 7) is 0. The van der Waals surface area contributed by atoms with Crippen molar-refractivity contribution in [2.24, 2.45) is 10.1 Å². The van der Waals surface area contributed by atoms with Crippen LogP contribution in [0.3, 0.4) is 0 Å². The average molecular weight is 239 g/mol. The van der Waals surface area contributed by atoms with Gasteiger partial charge in [-0.25, -0.2) is 18.5 Å². The Balaban J connectivity index is 2.50. The minimum Gasteiger partial charge on any atom is -0.341 e. The van der Waals surface area contributed by atoms with Crippen molar-refractivity contribution in [1.29, 1.82) is 0 Å². The summed E-state index contributed by atoms with van der Waals surface area (Å²) in [5, 5.41) is 7.09.